The molecular weight excluding hydrogens is 266 g/mol. The van der Waals surface area contributed by atoms with Crippen LogP contribution in [0.15, 0.2) is 35.1 Å². The van der Waals surface area contributed by atoms with Gasteiger partial charge in [0.25, 0.3) is 5.56 Å². The number of hydrogen-bond donors (Lipinski definition) is 1. The van der Waals surface area contributed by atoms with Crippen LogP contribution < -0.4 is 15.6 Å². The zero-order valence-electron chi connectivity index (χ0n) is 12.9. The first-order chi connectivity index (χ1) is 10.0. The third-order valence-electron chi connectivity index (χ3n) is 3.01. The Labute approximate surface area is 124 Å². The molecule has 112 valence electrons. The highest BCUT2D eigenvalue weighted by atomic mass is 16.5. The highest BCUT2D eigenvalue weighted by Gasteiger charge is 2.08. The van der Waals surface area contributed by atoms with Gasteiger partial charge in [0.05, 0.1) is 11.8 Å². The van der Waals surface area contributed by atoms with Crippen LogP contribution in [-0.4, -0.2) is 22.9 Å². The first-order valence-electron chi connectivity index (χ1n) is 7.00. The standard InChI is InChI=1S/C16H21N3O2/c1-11(2)21-14-7-5-6-12(8-14)15-9-13(10-17-3)16(20)19(4)18-15/h5-9,11,17H,10H2,1-4H3. The maximum Gasteiger partial charge on any atom is 0.271 e. The molecule has 0 radical (unpaired) electrons. The second-order valence-electron chi connectivity index (χ2n) is 5.21. The van der Waals surface area contributed by atoms with Crippen LogP contribution in [0, 0.1) is 0 Å². The highest BCUT2D eigenvalue weighted by Crippen LogP contribution is 2.22. The molecule has 0 amide bonds. The zero-order chi connectivity index (χ0) is 15.4. The van der Waals surface area contributed by atoms with E-state index in [2.05, 4.69) is 10.4 Å². The predicted molar refractivity (Wildman–Crippen MR) is 83.4 cm³/mol. The lowest BCUT2D eigenvalue weighted by molar-refractivity contribution is 0.242. The summed E-state index contributed by atoms with van der Waals surface area (Å²) in [5.74, 6) is 0.799. The van der Waals surface area contributed by atoms with Gasteiger partial charge in [-0.15, -0.1) is 0 Å². The minimum atomic E-state index is -0.0808. The normalized spacial score (nSPS) is 10.9. The quantitative estimate of drug-likeness (QED) is 0.913. The van der Waals surface area contributed by atoms with E-state index in [0.29, 0.717) is 12.1 Å². The average Bonchev–Trinajstić information content (AvgIpc) is 2.43. The monoisotopic (exact) mass is 287 g/mol. The van der Waals surface area contributed by atoms with Crippen LogP contribution in [0.2, 0.25) is 0 Å². The third kappa shape index (κ3) is 3.70. The molecule has 0 saturated heterocycles. The SMILES string of the molecule is CNCc1cc(-c2cccc(OC(C)C)c2)nn(C)c1=O. The molecule has 1 aromatic carbocycles. The van der Waals surface area contributed by atoms with Gasteiger partial charge in [-0.3, -0.25) is 4.79 Å². The Hall–Kier alpha value is -2.14. The van der Waals surface area contributed by atoms with Crippen molar-refractivity contribution in [1.29, 1.82) is 0 Å². The van der Waals surface area contributed by atoms with Crippen molar-refractivity contribution < 1.29 is 4.74 Å². The number of hydrogen-bond acceptors (Lipinski definition) is 4. The van der Waals surface area contributed by atoms with Gasteiger partial charge >= 0.3 is 0 Å². The zero-order valence-corrected chi connectivity index (χ0v) is 12.9. The molecule has 0 aliphatic heterocycles. The Morgan fingerprint density at radius 3 is 2.76 bits per heavy atom. The van der Waals surface area contributed by atoms with Gasteiger partial charge < -0.3 is 10.1 Å². The summed E-state index contributed by atoms with van der Waals surface area (Å²) in [6.45, 7) is 4.49. The number of nitrogens with zero attached hydrogens (tertiary/aromatic N) is 2. The first kappa shape index (κ1) is 15.3. The van der Waals surface area contributed by atoms with Crippen LogP contribution in [-0.2, 0) is 13.6 Å². The maximum atomic E-state index is 12.0. The van der Waals surface area contributed by atoms with E-state index < -0.39 is 0 Å². The van der Waals surface area contributed by atoms with Crippen molar-refractivity contribution in [3.05, 3.63) is 46.2 Å². The number of benzene rings is 1. The third-order valence-corrected chi connectivity index (χ3v) is 3.01. The van der Waals surface area contributed by atoms with Crippen LogP contribution in [0.1, 0.15) is 19.4 Å². The minimum absolute atomic E-state index is 0.0808. The van der Waals surface area contributed by atoms with Crippen molar-refractivity contribution in [2.75, 3.05) is 7.05 Å². The summed E-state index contributed by atoms with van der Waals surface area (Å²) in [6, 6.07) is 9.57. The van der Waals surface area contributed by atoms with Crippen molar-refractivity contribution in [2.24, 2.45) is 7.05 Å². The molecule has 0 atom stereocenters. The molecule has 0 spiro atoms. The maximum absolute atomic E-state index is 12.0. The van der Waals surface area contributed by atoms with E-state index in [-0.39, 0.29) is 11.7 Å². The van der Waals surface area contributed by atoms with Crippen LogP contribution in [0.4, 0.5) is 0 Å². The Morgan fingerprint density at radius 2 is 2.10 bits per heavy atom. The summed E-state index contributed by atoms with van der Waals surface area (Å²) in [4.78, 5) is 12.0. The fourth-order valence-electron chi connectivity index (χ4n) is 2.13. The average molecular weight is 287 g/mol. The molecule has 1 aromatic heterocycles. The minimum Gasteiger partial charge on any atom is -0.491 e. The molecule has 21 heavy (non-hydrogen) atoms. The molecule has 5 nitrogen and oxygen atoms in total. The van der Waals surface area contributed by atoms with Gasteiger partial charge in [0.1, 0.15) is 5.75 Å². The lowest BCUT2D eigenvalue weighted by atomic mass is 10.1. The Morgan fingerprint density at radius 1 is 1.33 bits per heavy atom. The van der Waals surface area contributed by atoms with Gasteiger partial charge in [0.2, 0.25) is 0 Å². The van der Waals surface area contributed by atoms with Crippen LogP contribution in [0.3, 0.4) is 0 Å². The molecule has 0 bridgehead atoms. The van der Waals surface area contributed by atoms with Crippen molar-refractivity contribution in [3.8, 4) is 17.0 Å². The van der Waals surface area contributed by atoms with Gasteiger partial charge in [-0.2, -0.15) is 5.10 Å². The molecule has 0 aliphatic carbocycles. The smallest absolute Gasteiger partial charge is 0.271 e. The summed E-state index contributed by atoms with van der Waals surface area (Å²) >= 11 is 0. The predicted octanol–water partition coefficient (Wildman–Crippen LogP) is 1.95. The van der Waals surface area contributed by atoms with Crippen LogP contribution in [0.25, 0.3) is 11.3 Å². The van der Waals surface area contributed by atoms with Crippen molar-refractivity contribution in [2.45, 2.75) is 26.5 Å². The molecule has 0 saturated carbocycles. The van der Waals surface area contributed by atoms with E-state index in [1.54, 1.807) is 7.05 Å². The summed E-state index contributed by atoms with van der Waals surface area (Å²) in [5, 5.41) is 7.33. The molecule has 2 rings (SSSR count). The molecular formula is C16H21N3O2. The number of rotatable bonds is 5. The van der Waals surface area contributed by atoms with Crippen LogP contribution >= 0.6 is 0 Å². The fourth-order valence-corrected chi connectivity index (χ4v) is 2.13. The number of ether oxygens (including phenoxy) is 1. The summed E-state index contributed by atoms with van der Waals surface area (Å²) in [7, 11) is 3.48. The summed E-state index contributed by atoms with van der Waals surface area (Å²) < 4.78 is 7.07. The molecule has 0 fully saturated rings. The molecule has 5 heteroatoms. The Bertz CT molecular complexity index is 677. The Kier molecular flexibility index (Phi) is 4.75. The van der Waals surface area contributed by atoms with Gasteiger partial charge in [0, 0.05) is 24.7 Å². The summed E-state index contributed by atoms with van der Waals surface area (Å²) in [6.07, 6.45) is 0.119. The van der Waals surface area contributed by atoms with Gasteiger partial charge in [0.15, 0.2) is 0 Å². The van der Waals surface area contributed by atoms with E-state index in [9.17, 15) is 4.79 Å². The lowest BCUT2D eigenvalue weighted by Crippen LogP contribution is -2.26. The van der Waals surface area contributed by atoms with Crippen molar-refractivity contribution >= 4 is 0 Å². The second kappa shape index (κ2) is 6.54. The Balaban J connectivity index is 2.44. The molecule has 0 aliphatic rings. The largest absolute Gasteiger partial charge is 0.491 e. The molecule has 2 aromatic rings. The molecule has 1 N–H and O–H groups in total. The van der Waals surface area contributed by atoms with E-state index in [4.69, 9.17) is 4.74 Å². The van der Waals surface area contributed by atoms with Crippen molar-refractivity contribution in [1.82, 2.24) is 15.1 Å². The van der Waals surface area contributed by atoms with E-state index in [1.165, 1.54) is 4.68 Å². The lowest BCUT2D eigenvalue weighted by Gasteiger charge is -2.11. The first-order valence-corrected chi connectivity index (χ1v) is 7.00. The van der Waals surface area contributed by atoms with Crippen molar-refractivity contribution in [3.63, 3.8) is 0 Å². The van der Waals surface area contributed by atoms with E-state index in [1.807, 2.05) is 51.2 Å². The fraction of sp³-hybridized carbons (Fsp3) is 0.375. The number of aromatic nitrogens is 2. The summed E-state index contributed by atoms with van der Waals surface area (Å²) in [5.41, 5.74) is 2.31. The molecule has 0 unspecified atom stereocenters. The van der Waals surface area contributed by atoms with E-state index >= 15 is 0 Å². The molecule has 1 heterocycles. The highest BCUT2D eigenvalue weighted by molar-refractivity contribution is 5.61. The van der Waals surface area contributed by atoms with Gasteiger partial charge in [-0.1, -0.05) is 12.1 Å². The number of aryl methyl sites for hydroxylation is 1. The van der Waals surface area contributed by atoms with Gasteiger partial charge in [-0.25, -0.2) is 4.68 Å². The number of nitrogens with one attached hydrogen (secondary N) is 1. The van der Waals surface area contributed by atoms with E-state index in [0.717, 1.165) is 17.0 Å². The topological polar surface area (TPSA) is 56.1 Å². The second-order valence-corrected chi connectivity index (χ2v) is 5.21. The van der Waals surface area contributed by atoms with Gasteiger partial charge in [-0.05, 0) is 39.1 Å². The van der Waals surface area contributed by atoms with Crippen LogP contribution in [0.5, 0.6) is 5.75 Å².